The van der Waals surface area contributed by atoms with Gasteiger partial charge in [-0.1, -0.05) is 10.9 Å². The zero-order valence-corrected chi connectivity index (χ0v) is 16.2. The van der Waals surface area contributed by atoms with Gasteiger partial charge in [0.15, 0.2) is 5.82 Å². The molecule has 0 spiro atoms. The van der Waals surface area contributed by atoms with Crippen LogP contribution in [-0.2, 0) is 34.4 Å². The third kappa shape index (κ3) is 4.18. The van der Waals surface area contributed by atoms with Gasteiger partial charge in [-0.15, -0.1) is 10.2 Å². The summed E-state index contributed by atoms with van der Waals surface area (Å²) in [7, 11) is -1.16. The van der Waals surface area contributed by atoms with E-state index in [-0.39, 0.29) is 17.3 Å². The number of fused-ring (bicyclic) bond motifs is 1. The van der Waals surface area contributed by atoms with E-state index in [1.807, 2.05) is 0 Å². The number of nitrogens with zero attached hydrogens (tertiary/aromatic N) is 4. The Morgan fingerprint density at radius 1 is 1.22 bits per heavy atom. The number of aromatic nitrogens is 3. The molecule has 0 aliphatic carbocycles. The topological polar surface area (TPSA) is 106 Å². The molecule has 0 unspecified atom stereocenters. The van der Waals surface area contributed by atoms with Crippen LogP contribution in [0.15, 0.2) is 29.2 Å². The lowest BCUT2D eigenvalue weighted by molar-refractivity contribution is -0.0258. The Morgan fingerprint density at radius 2 is 1.96 bits per heavy atom. The Labute approximate surface area is 158 Å². The molecule has 0 radical (unpaired) electrons. The van der Waals surface area contributed by atoms with E-state index in [4.69, 9.17) is 4.84 Å². The summed E-state index contributed by atoms with van der Waals surface area (Å²) in [6.07, 6.45) is 4.27. The van der Waals surface area contributed by atoms with Crippen LogP contribution in [0.4, 0.5) is 0 Å². The number of sulfonamides is 1. The highest BCUT2D eigenvalue weighted by atomic mass is 32.2. The number of rotatable bonds is 6. The monoisotopic (exact) mass is 393 g/mol. The smallest absolute Gasteiger partial charge is 0.264 e. The largest absolute Gasteiger partial charge is 0.345 e. The quantitative estimate of drug-likeness (QED) is 0.737. The maximum Gasteiger partial charge on any atom is 0.264 e. The fraction of sp³-hybridized carbons (Fsp3) is 0.471. The third-order valence-corrected chi connectivity index (χ3v) is 6.30. The van der Waals surface area contributed by atoms with E-state index in [9.17, 15) is 13.2 Å². The maximum absolute atomic E-state index is 12.4. The molecule has 0 saturated carbocycles. The minimum atomic E-state index is -3.74. The molecule has 1 aromatic carbocycles. The molecule has 1 aliphatic heterocycles. The SMILES string of the molecule is CON(C)S(=O)(=O)c1ccc(C(=O)NCc2nnc3n2CCCCC3)cc1. The molecule has 27 heavy (non-hydrogen) atoms. The molecule has 2 heterocycles. The molecule has 0 atom stereocenters. The van der Waals surface area contributed by atoms with Crippen LogP contribution in [-0.4, -0.2) is 47.7 Å². The molecule has 0 bridgehead atoms. The first-order valence-corrected chi connectivity index (χ1v) is 10.2. The van der Waals surface area contributed by atoms with E-state index in [1.54, 1.807) is 0 Å². The van der Waals surface area contributed by atoms with Crippen molar-refractivity contribution in [1.82, 2.24) is 24.5 Å². The zero-order chi connectivity index (χ0) is 19.4. The van der Waals surface area contributed by atoms with Crippen molar-refractivity contribution in [3.63, 3.8) is 0 Å². The second kappa shape index (κ2) is 8.15. The summed E-state index contributed by atoms with van der Waals surface area (Å²) in [6.45, 7) is 1.14. The lowest BCUT2D eigenvalue weighted by Crippen LogP contribution is -2.26. The first-order chi connectivity index (χ1) is 12.9. The number of aryl methyl sites for hydroxylation is 1. The van der Waals surface area contributed by atoms with E-state index >= 15 is 0 Å². The van der Waals surface area contributed by atoms with Crippen LogP contribution in [0.2, 0.25) is 0 Å². The first kappa shape index (κ1) is 19.5. The summed E-state index contributed by atoms with van der Waals surface area (Å²) >= 11 is 0. The summed E-state index contributed by atoms with van der Waals surface area (Å²) in [5.74, 6) is 1.40. The fourth-order valence-electron chi connectivity index (χ4n) is 2.96. The molecule has 2 aromatic rings. The fourth-order valence-corrected chi connectivity index (χ4v) is 3.94. The van der Waals surface area contributed by atoms with Gasteiger partial charge in [0, 0.05) is 25.6 Å². The van der Waals surface area contributed by atoms with Gasteiger partial charge >= 0.3 is 0 Å². The van der Waals surface area contributed by atoms with Crippen LogP contribution >= 0.6 is 0 Å². The van der Waals surface area contributed by atoms with Crippen molar-refractivity contribution in [3.05, 3.63) is 41.5 Å². The first-order valence-electron chi connectivity index (χ1n) is 8.75. The highest BCUT2D eigenvalue weighted by Crippen LogP contribution is 2.16. The average Bonchev–Trinajstić information content (AvgIpc) is 2.91. The van der Waals surface area contributed by atoms with Crippen LogP contribution < -0.4 is 5.32 Å². The molecule has 1 N–H and O–H groups in total. The van der Waals surface area contributed by atoms with Crippen molar-refractivity contribution in [2.45, 2.75) is 43.7 Å². The third-order valence-electron chi connectivity index (χ3n) is 4.60. The molecule has 1 aromatic heterocycles. The van der Waals surface area contributed by atoms with Crippen molar-refractivity contribution in [2.24, 2.45) is 0 Å². The van der Waals surface area contributed by atoms with Crippen molar-refractivity contribution in [3.8, 4) is 0 Å². The van der Waals surface area contributed by atoms with E-state index < -0.39 is 10.0 Å². The molecule has 0 fully saturated rings. The average molecular weight is 393 g/mol. The van der Waals surface area contributed by atoms with Crippen molar-refractivity contribution in [1.29, 1.82) is 0 Å². The second-order valence-corrected chi connectivity index (χ2v) is 8.23. The van der Waals surface area contributed by atoms with E-state index in [0.29, 0.717) is 5.56 Å². The van der Waals surface area contributed by atoms with E-state index in [0.717, 1.165) is 41.9 Å². The number of nitrogens with one attached hydrogen (secondary N) is 1. The molecule has 9 nitrogen and oxygen atoms in total. The van der Waals surface area contributed by atoms with E-state index in [2.05, 4.69) is 20.1 Å². The minimum Gasteiger partial charge on any atom is -0.345 e. The number of hydrogen-bond acceptors (Lipinski definition) is 6. The normalized spacial score (nSPS) is 14.6. The van der Waals surface area contributed by atoms with Gasteiger partial charge in [0.25, 0.3) is 15.9 Å². The highest BCUT2D eigenvalue weighted by molar-refractivity contribution is 7.89. The Bertz CT molecular complexity index is 908. The van der Waals surface area contributed by atoms with Crippen LogP contribution in [0, 0.1) is 0 Å². The van der Waals surface area contributed by atoms with Crippen molar-refractivity contribution in [2.75, 3.05) is 14.2 Å². The van der Waals surface area contributed by atoms with E-state index in [1.165, 1.54) is 44.8 Å². The van der Waals surface area contributed by atoms with Crippen LogP contribution in [0.1, 0.15) is 41.3 Å². The molecule has 3 rings (SSSR count). The predicted molar refractivity (Wildman–Crippen MR) is 97.1 cm³/mol. The van der Waals surface area contributed by atoms with Gasteiger partial charge in [-0.05, 0) is 37.1 Å². The summed E-state index contributed by atoms with van der Waals surface area (Å²) in [5, 5.41) is 11.2. The van der Waals surface area contributed by atoms with Gasteiger partial charge in [-0.2, -0.15) is 0 Å². The number of amides is 1. The maximum atomic E-state index is 12.4. The number of benzene rings is 1. The van der Waals surface area contributed by atoms with Gasteiger partial charge in [0.05, 0.1) is 18.6 Å². The Hall–Kier alpha value is -2.30. The van der Waals surface area contributed by atoms with Gasteiger partial charge in [0.1, 0.15) is 5.82 Å². The lowest BCUT2D eigenvalue weighted by atomic mass is 10.2. The Balaban J connectivity index is 1.66. The minimum absolute atomic E-state index is 0.0474. The zero-order valence-electron chi connectivity index (χ0n) is 15.4. The van der Waals surface area contributed by atoms with Crippen molar-refractivity contribution < 1.29 is 18.0 Å². The van der Waals surface area contributed by atoms with Gasteiger partial charge in [-0.3, -0.25) is 9.63 Å². The highest BCUT2D eigenvalue weighted by Gasteiger charge is 2.21. The van der Waals surface area contributed by atoms with Gasteiger partial charge < -0.3 is 9.88 Å². The second-order valence-electron chi connectivity index (χ2n) is 6.30. The number of hydrogen-bond donors (Lipinski definition) is 1. The Morgan fingerprint density at radius 3 is 2.67 bits per heavy atom. The number of carbonyl (C=O) groups is 1. The number of hydroxylamine groups is 1. The van der Waals surface area contributed by atoms with Crippen LogP contribution in [0.25, 0.3) is 0 Å². The molecule has 1 aliphatic rings. The lowest BCUT2D eigenvalue weighted by Gasteiger charge is -2.14. The molecule has 146 valence electrons. The Kier molecular flexibility index (Phi) is 5.88. The van der Waals surface area contributed by atoms with Crippen LogP contribution in [0.3, 0.4) is 0 Å². The summed E-state index contributed by atoms with van der Waals surface area (Å²) in [6, 6.07) is 5.69. The molecular formula is C17H23N5O4S. The molecule has 1 amide bonds. The molecular weight excluding hydrogens is 370 g/mol. The molecule has 10 heteroatoms. The summed E-state index contributed by atoms with van der Waals surface area (Å²) in [5.41, 5.74) is 0.365. The van der Waals surface area contributed by atoms with Gasteiger partial charge in [0.2, 0.25) is 0 Å². The standard InChI is InChI=1S/C17H23N5O4S/c1-21(26-2)27(24,25)14-9-7-13(8-10-14)17(23)18-12-16-20-19-15-6-4-3-5-11-22(15)16/h7-10H,3-6,11-12H2,1-2H3,(H,18,23). The van der Waals surface area contributed by atoms with Crippen molar-refractivity contribution >= 4 is 15.9 Å². The number of carbonyl (C=O) groups excluding carboxylic acids is 1. The predicted octanol–water partition coefficient (Wildman–Crippen LogP) is 1.12. The van der Waals surface area contributed by atoms with Crippen LogP contribution in [0.5, 0.6) is 0 Å². The molecule has 0 saturated heterocycles. The summed E-state index contributed by atoms with van der Waals surface area (Å²) < 4.78 is 27.2. The van der Waals surface area contributed by atoms with Gasteiger partial charge in [-0.25, -0.2) is 8.42 Å². The summed E-state index contributed by atoms with van der Waals surface area (Å²) in [4.78, 5) is 17.2.